The molecule has 356 valence electrons. The largest absolute Gasteiger partial charge is 0.480 e. The summed E-state index contributed by atoms with van der Waals surface area (Å²) in [5.74, 6) is -4.45. The highest BCUT2D eigenvalue weighted by Gasteiger charge is 2.34. The van der Waals surface area contributed by atoms with Gasteiger partial charge in [-0.05, 0) is 94.2 Å². The summed E-state index contributed by atoms with van der Waals surface area (Å²) in [6, 6.07) is 12.4. The van der Waals surface area contributed by atoms with E-state index in [1.807, 2.05) is 26.0 Å². The molecule has 0 spiro atoms. The van der Waals surface area contributed by atoms with Gasteiger partial charge in [0.2, 0.25) is 29.5 Å². The molecule has 2 aromatic rings. The number of aliphatic carboxylic acids is 1. The number of amides is 5. The van der Waals surface area contributed by atoms with Gasteiger partial charge in [-0.25, -0.2) is 4.79 Å². The highest BCUT2D eigenvalue weighted by atomic mass is 16.4. The van der Waals surface area contributed by atoms with E-state index in [-0.39, 0.29) is 37.6 Å². The minimum absolute atomic E-state index is 0.0333. The van der Waals surface area contributed by atoms with Gasteiger partial charge >= 0.3 is 5.97 Å². The van der Waals surface area contributed by atoms with E-state index in [2.05, 4.69) is 47.4 Å². The Kier molecular flexibility index (Phi) is 25.2. The van der Waals surface area contributed by atoms with Gasteiger partial charge in [0.05, 0.1) is 6.54 Å². The Morgan fingerprint density at radius 1 is 0.609 bits per heavy atom. The molecule has 0 bridgehead atoms. The minimum Gasteiger partial charge on any atom is -0.480 e. The summed E-state index contributed by atoms with van der Waals surface area (Å²) < 4.78 is 0. The molecule has 1 aliphatic rings. The van der Waals surface area contributed by atoms with Crippen LogP contribution in [0.3, 0.4) is 0 Å². The van der Waals surface area contributed by atoms with Crippen molar-refractivity contribution in [3.05, 3.63) is 71.8 Å². The van der Waals surface area contributed by atoms with Crippen molar-refractivity contribution >= 4 is 35.5 Å². The molecule has 3 rings (SSSR count). The zero-order valence-corrected chi connectivity index (χ0v) is 38.5. The molecule has 64 heavy (non-hydrogen) atoms. The minimum atomic E-state index is -1.26. The zero-order chi connectivity index (χ0) is 46.7. The zero-order valence-electron chi connectivity index (χ0n) is 38.5. The monoisotopic (exact) mass is 893 g/mol. The first-order chi connectivity index (χ1) is 30.8. The molecule has 1 aliphatic heterocycles. The van der Waals surface area contributed by atoms with Crippen LogP contribution >= 0.6 is 0 Å². The molecule has 0 unspecified atom stereocenters. The maximum atomic E-state index is 14.1. The number of hydrogen-bond donors (Lipinski definition) is 10. The number of carbonyl (C=O) groups excluding carboxylic acids is 5. The summed E-state index contributed by atoms with van der Waals surface area (Å²) >= 11 is 0. The van der Waals surface area contributed by atoms with Crippen LogP contribution in [0, 0.1) is 11.8 Å². The van der Waals surface area contributed by atoms with Crippen LogP contribution in [0.15, 0.2) is 60.7 Å². The third-order valence-corrected chi connectivity index (χ3v) is 11.0. The summed E-state index contributed by atoms with van der Waals surface area (Å²) in [5, 5.41) is 34.4. The van der Waals surface area contributed by atoms with Crippen molar-refractivity contribution in [3.8, 4) is 0 Å². The average molecular weight is 893 g/mol. The summed E-state index contributed by atoms with van der Waals surface area (Å²) in [4.78, 5) is 84.0. The molecule has 0 aromatic heterocycles. The Labute approximate surface area is 380 Å². The lowest BCUT2D eigenvalue weighted by Crippen LogP contribution is -2.60. The van der Waals surface area contributed by atoms with Gasteiger partial charge in [-0.3, -0.25) is 28.9 Å². The van der Waals surface area contributed by atoms with E-state index >= 15 is 0 Å². The quantitative estimate of drug-likeness (QED) is 0.0693. The van der Waals surface area contributed by atoms with E-state index < -0.39 is 65.7 Å². The number of unbranched alkanes of at least 4 members (excludes halogenated alkanes) is 1. The number of nitrogens with one attached hydrogen (secondary N) is 8. The molecule has 0 aliphatic carbocycles. The topological polar surface area (TPSA) is 248 Å². The fourth-order valence-electron chi connectivity index (χ4n) is 7.44. The number of carboxylic acid groups (broad SMARTS) is 1. The van der Waals surface area contributed by atoms with Gasteiger partial charge in [-0.2, -0.15) is 0 Å². The standard InChI is InChI=1S/C47H76N10O7/c1-33(2)29-38(53-43(59)37(19-11-12-20-48)52-41(58)32-57-27-14-23-50-25-24-49-21-13-22-51-26-28-57)45(61)56-42(34(3)4)46(62)54-39(30-35-15-7-5-8-16-35)44(60)55-40(47(63)64)31-36-17-9-6-10-18-36/h5-10,15-18,33-34,37-40,42,49-51H,11-14,19-32,48H2,1-4H3,(H,52,58)(H,53,59)(H,54,62)(H,55,60)(H,56,61)(H,63,64)/t37-,38-,39-,40-,42-/m0/s1. The summed E-state index contributed by atoms with van der Waals surface area (Å²) in [7, 11) is 0. The molecule has 1 heterocycles. The third-order valence-electron chi connectivity index (χ3n) is 11.0. The van der Waals surface area contributed by atoms with E-state index in [1.165, 1.54) is 0 Å². The fraction of sp³-hybridized carbons (Fsp3) is 0.617. The molecule has 5 amide bonds. The van der Waals surface area contributed by atoms with Gasteiger partial charge in [0, 0.05) is 39.0 Å². The maximum Gasteiger partial charge on any atom is 0.326 e. The molecular formula is C47H76N10O7. The van der Waals surface area contributed by atoms with Crippen LogP contribution in [0.2, 0.25) is 0 Å². The number of hydrogen-bond acceptors (Lipinski definition) is 11. The lowest BCUT2D eigenvalue weighted by Gasteiger charge is -2.29. The highest BCUT2D eigenvalue weighted by Crippen LogP contribution is 2.12. The number of carboxylic acids is 1. The molecule has 11 N–H and O–H groups in total. The number of carbonyl (C=O) groups is 6. The maximum absolute atomic E-state index is 14.1. The fourth-order valence-corrected chi connectivity index (χ4v) is 7.44. The van der Waals surface area contributed by atoms with Gasteiger partial charge < -0.3 is 53.4 Å². The second kappa shape index (κ2) is 30.2. The van der Waals surface area contributed by atoms with Crippen LogP contribution in [-0.2, 0) is 41.6 Å². The number of rotatable bonds is 23. The molecule has 0 radical (unpaired) electrons. The van der Waals surface area contributed by atoms with Crippen molar-refractivity contribution in [2.75, 3.05) is 65.4 Å². The molecule has 5 atom stereocenters. The Balaban J connectivity index is 1.75. The third kappa shape index (κ3) is 21.2. The van der Waals surface area contributed by atoms with Crippen LogP contribution < -0.4 is 48.3 Å². The summed E-state index contributed by atoms with van der Waals surface area (Å²) in [6.45, 7) is 14.4. The van der Waals surface area contributed by atoms with E-state index in [4.69, 9.17) is 5.73 Å². The van der Waals surface area contributed by atoms with E-state index in [1.54, 1.807) is 62.4 Å². The molecule has 17 nitrogen and oxygen atoms in total. The predicted octanol–water partition coefficient (Wildman–Crippen LogP) is 0.676. The van der Waals surface area contributed by atoms with Crippen LogP contribution in [-0.4, -0.2) is 141 Å². The van der Waals surface area contributed by atoms with Gasteiger partial charge in [0.15, 0.2) is 0 Å². The lowest BCUT2D eigenvalue weighted by molar-refractivity contribution is -0.142. The first-order valence-corrected chi connectivity index (χ1v) is 23.1. The Bertz CT molecular complexity index is 1690. The molecule has 1 saturated heterocycles. The number of benzene rings is 2. The van der Waals surface area contributed by atoms with Crippen molar-refractivity contribution < 1.29 is 33.9 Å². The van der Waals surface area contributed by atoms with Gasteiger partial charge in [-0.1, -0.05) is 88.4 Å². The Morgan fingerprint density at radius 3 is 1.72 bits per heavy atom. The van der Waals surface area contributed by atoms with E-state index in [9.17, 15) is 33.9 Å². The molecule has 17 heteroatoms. The second-order valence-corrected chi connectivity index (χ2v) is 17.4. The van der Waals surface area contributed by atoms with Crippen molar-refractivity contribution in [3.63, 3.8) is 0 Å². The first-order valence-electron chi connectivity index (χ1n) is 23.1. The molecular weight excluding hydrogens is 817 g/mol. The Morgan fingerprint density at radius 2 is 1.14 bits per heavy atom. The Hall–Kier alpha value is -4.94. The predicted molar refractivity (Wildman–Crippen MR) is 249 cm³/mol. The second-order valence-electron chi connectivity index (χ2n) is 17.4. The smallest absolute Gasteiger partial charge is 0.326 e. The summed E-state index contributed by atoms with van der Waals surface area (Å²) in [6.07, 6.45) is 3.74. The van der Waals surface area contributed by atoms with Crippen LogP contribution in [0.25, 0.3) is 0 Å². The SMILES string of the molecule is CC(C)C[C@H](NC(=O)[C@H](CCCCN)NC(=O)CN1CCCNCCNCCCNCC1)C(=O)N[C@H](C(=O)N[C@@H](Cc1ccccc1)C(=O)N[C@@H](Cc1ccccc1)C(=O)O)C(C)C. The van der Waals surface area contributed by atoms with E-state index in [0.717, 1.165) is 57.7 Å². The number of nitrogens with two attached hydrogens (primary N) is 1. The van der Waals surface area contributed by atoms with Crippen molar-refractivity contribution in [2.45, 2.75) is 109 Å². The van der Waals surface area contributed by atoms with Crippen LogP contribution in [0.4, 0.5) is 0 Å². The first kappa shape index (κ1) is 53.4. The van der Waals surface area contributed by atoms with Crippen molar-refractivity contribution in [1.29, 1.82) is 0 Å². The van der Waals surface area contributed by atoms with Gasteiger partial charge in [0.1, 0.15) is 30.2 Å². The van der Waals surface area contributed by atoms with Crippen LogP contribution in [0.1, 0.15) is 77.3 Å². The lowest BCUT2D eigenvalue weighted by atomic mass is 9.98. The molecule has 1 fully saturated rings. The summed E-state index contributed by atoms with van der Waals surface area (Å²) in [5.41, 5.74) is 7.23. The van der Waals surface area contributed by atoms with Gasteiger partial charge in [-0.15, -0.1) is 0 Å². The average Bonchev–Trinajstić information content (AvgIpc) is 3.26. The van der Waals surface area contributed by atoms with Crippen molar-refractivity contribution in [2.24, 2.45) is 17.6 Å². The van der Waals surface area contributed by atoms with Crippen molar-refractivity contribution in [1.82, 2.24) is 47.4 Å². The normalized spacial score (nSPS) is 16.9. The van der Waals surface area contributed by atoms with Gasteiger partial charge in [0.25, 0.3) is 0 Å². The van der Waals surface area contributed by atoms with Crippen LogP contribution in [0.5, 0.6) is 0 Å². The number of nitrogens with zero attached hydrogens (tertiary/aromatic N) is 1. The molecule has 2 aromatic carbocycles. The molecule has 0 saturated carbocycles. The highest BCUT2D eigenvalue weighted by molar-refractivity contribution is 5.96. The van der Waals surface area contributed by atoms with E-state index in [0.29, 0.717) is 44.5 Å².